The van der Waals surface area contributed by atoms with Gasteiger partial charge in [-0.25, -0.2) is 18.2 Å². The van der Waals surface area contributed by atoms with Crippen molar-refractivity contribution in [1.29, 1.82) is 0 Å². The van der Waals surface area contributed by atoms with Crippen molar-refractivity contribution in [3.63, 3.8) is 0 Å². The Bertz CT molecular complexity index is 1350. The maximum Gasteiger partial charge on any atom is 0.435 e. The number of aromatic nitrogens is 2. The predicted molar refractivity (Wildman–Crippen MR) is 116 cm³/mol. The first-order valence-electron chi connectivity index (χ1n) is 9.69. The molecule has 0 saturated carbocycles. The zero-order valence-electron chi connectivity index (χ0n) is 17.0. The minimum atomic E-state index is -4.65. The van der Waals surface area contributed by atoms with E-state index in [0.29, 0.717) is 17.9 Å². The van der Waals surface area contributed by atoms with Crippen molar-refractivity contribution in [1.82, 2.24) is 9.78 Å². The van der Waals surface area contributed by atoms with Crippen LogP contribution in [-0.2, 0) is 22.8 Å². The average Bonchev–Trinajstić information content (AvgIpc) is 3.24. The maximum absolute atomic E-state index is 13.4. The van der Waals surface area contributed by atoms with Crippen LogP contribution in [0.3, 0.4) is 0 Å². The molecule has 6 nitrogen and oxygen atoms in total. The molecule has 10 heteroatoms. The topological polar surface area (TPSA) is 87.2 Å². The van der Waals surface area contributed by atoms with Gasteiger partial charge in [0.1, 0.15) is 12.4 Å². The van der Waals surface area contributed by atoms with Gasteiger partial charge in [0.15, 0.2) is 5.69 Å². The van der Waals surface area contributed by atoms with E-state index in [1.165, 1.54) is 24.3 Å². The van der Waals surface area contributed by atoms with Crippen LogP contribution in [0.25, 0.3) is 16.9 Å². The normalized spacial score (nSPS) is 12.0. The molecular weight excluding hydrogens is 455 g/mol. The zero-order chi connectivity index (χ0) is 23.6. The fraction of sp³-hybridized carbons (Fsp3) is 0.0870. The van der Waals surface area contributed by atoms with Gasteiger partial charge in [0, 0.05) is 5.56 Å². The molecule has 1 heterocycles. The van der Waals surface area contributed by atoms with Crippen LogP contribution in [0.1, 0.15) is 11.3 Å². The number of nitrogens with zero attached hydrogens (tertiary/aromatic N) is 2. The van der Waals surface area contributed by atoms with Crippen LogP contribution in [0.2, 0.25) is 0 Å². The third-order valence-corrected chi connectivity index (χ3v) is 5.74. The van der Waals surface area contributed by atoms with E-state index in [1.54, 1.807) is 24.3 Å². The summed E-state index contributed by atoms with van der Waals surface area (Å²) in [6, 6.07) is 22.2. The Balaban J connectivity index is 1.66. The minimum absolute atomic E-state index is 0.157. The van der Waals surface area contributed by atoms with Crippen LogP contribution in [0, 0.1) is 0 Å². The Kier molecular flexibility index (Phi) is 5.96. The van der Waals surface area contributed by atoms with E-state index in [1.807, 2.05) is 30.3 Å². The Hall–Kier alpha value is -3.63. The lowest BCUT2D eigenvalue weighted by Crippen LogP contribution is -2.12. The first kappa shape index (κ1) is 22.6. The van der Waals surface area contributed by atoms with Gasteiger partial charge in [-0.2, -0.15) is 18.3 Å². The Labute approximate surface area is 188 Å². The first-order valence-corrected chi connectivity index (χ1v) is 11.2. The molecule has 0 unspecified atom stereocenters. The van der Waals surface area contributed by atoms with Crippen molar-refractivity contribution in [3.05, 3.63) is 96.2 Å². The molecule has 0 radical (unpaired) electrons. The SMILES string of the molecule is NS(=O)(=O)c1ccc(-n2nc(C(F)(F)F)cc2-c2ccc(OCc3ccccc3)cc2)cc1. The summed E-state index contributed by atoms with van der Waals surface area (Å²) < 4.78 is 69.9. The molecule has 0 saturated heterocycles. The number of nitrogens with two attached hydrogens (primary N) is 1. The van der Waals surface area contributed by atoms with Crippen molar-refractivity contribution in [2.24, 2.45) is 5.14 Å². The summed E-state index contributed by atoms with van der Waals surface area (Å²) in [6.07, 6.45) is -4.65. The second-order valence-corrected chi connectivity index (χ2v) is 8.72. The smallest absolute Gasteiger partial charge is 0.435 e. The number of ether oxygens (including phenoxy) is 1. The van der Waals surface area contributed by atoms with E-state index in [4.69, 9.17) is 9.88 Å². The van der Waals surface area contributed by atoms with Gasteiger partial charge >= 0.3 is 6.18 Å². The number of hydrogen-bond acceptors (Lipinski definition) is 4. The molecule has 0 aliphatic heterocycles. The number of hydrogen-bond donors (Lipinski definition) is 1. The largest absolute Gasteiger partial charge is 0.489 e. The summed E-state index contributed by atoms with van der Waals surface area (Å²) in [6.45, 7) is 0.354. The Morgan fingerprint density at radius 2 is 1.55 bits per heavy atom. The highest BCUT2D eigenvalue weighted by molar-refractivity contribution is 7.89. The van der Waals surface area contributed by atoms with E-state index in [-0.39, 0.29) is 16.3 Å². The predicted octanol–water partition coefficient (Wildman–Crippen LogP) is 4.78. The van der Waals surface area contributed by atoms with Crippen LogP contribution in [0.15, 0.2) is 89.8 Å². The monoisotopic (exact) mass is 473 g/mol. The molecule has 0 atom stereocenters. The fourth-order valence-electron chi connectivity index (χ4n) is 3.16. The van der Waals surface area contributed by atoms with Gasteiger partial charge in [0.2, 0.25) is 10.0 Å². The molecule has 0 spiro atoms. The van der Waals surface area contributed by atoms with Crippen molar-refractivity contribution < 1.29 is 26.3 Å². The number of halogens is 3. The lowest BCUT2D eigenvalue weighted by atomic mass is 10.1. The first-order chi connectivity index (χ1) is 15.6. The summed E-state index contributed by atoms with van der Waals surface area (Å²) in [4.78, 5) is -0.157. The Morgan fingerprint density at radius 1 is 0.909 bits per heavy atom. The summed E-state index contributed by atoms with van der Waals surface area (Å²) in [7, 11) is -3.94. The molecule has 3 aromatic carbocycles. The molecule has 0 aliphatic carbocycles. The fourth-order valence-corrected chi connectivity index (χ4v) is 3.68. The van der Waals surface area contributed by atoms with Crippen LogP contribution in [0.5, 0.6) is 5.75 Å². The van der Waals surface area contributed by atoms with E-state index in [9.17, 15) is 21.6 Å². The maximum atomic E-state index is 13.4. The molecule has 0 aliphatic rings. The van der Waals surface area contributed by atoms with Crippen LogP contribution >= 0.6 is 0 Å². The van der Waals surface area contributed by atoms with Gasteiger partial charge in [-0.15, -0.1) is 0 Å². The third-order valence-electron chi connectivity index (χ3n) is 4.81. The molecule has 170 valence electrons. The average molecular weight is 473 g/mol. The summed E-state index contributed by atoms with van der Waals surface area (Å²) in [5, 5.41) is 8.79. The number of benzene rings is 3. The summed E-state index contributed by atoms with van der Waals surface area (Å²) in [5.74, 6) is 0.558. The molecule has 1 aromatic heterocycles. The second-order valence-electron chi connectivity index (χ2n) is 7.16. The number of alkyl halides is 3. The molecule has 33 heavy (non-hydrogen) atoms. The van der Waals surface area contributed by atoms with Crippen LogP contribution in [0.4, 0.5) is 13.2 Å². The van der Waals surface area contributed by atoms with E-state index in [2.05, 4.69) is 5.10 Å². The molecule has 0 fully saturated rings. The van der Waals surface area contributed by atoms with E-state index >= 15 is 0 Å². The van der Waals surface area contributed by atoms with Gasteiger partial charge in [0.05, 0.1) is 16.3 Å². The minimum Gasteiger partial charge on any atom is -0.489 e. The zero-order valence-corrected chi connectivity index (χ0v) is 17.8. The second kappa shape index (κ2) is 8.72. The third kappa shape index (κ3) is 5.24. The number of primary sulfonamides is 1. The lowest BCUT2D eigenvalue weighted by Gasteiger charge is -2.10. The van der Waals surface area contributed by atoms with Crippen molar-refractivity contribution >= 4 is 10.0 Å². The molecular formula is C23H18F3N3O3S. The summed E-state index contributed by atoms with van der Waals surface area (Å²) >= 11 is 0. The van der Waals surface area contributed by atoms with E-state index in [0.717, 1.165) is 16.3 Å². The highest BCUT2D eigenvalue weighted by Crippen LogP contribution is 2.34. The van der Waals surface area contributed by atoms with E-state index < -0.39 is 21.9 Å². The van der Waals surface area contributed by atoms with Crippen molar-refractivity contribution in [2.45, 2.75) is 17.7 Å². The van der Waals surface area contributed by atoms with Gasteiger partial charge < -0.3 is 4.74 Å². The van der Waals surface area contributed by atoms with Gasteiger partial charge in [-0.05, 0) is 60.2 Å². The molecule has 2 N–H and O–H groups in total. The lowest BCUT2D eigenvalue weighted by molar-refractivity contribution is -0.141. The van der Waals surface area contributed by atoms with Gasteiger partial charge in [0.25, 0.3) is 0 Å². The number of sulfonamides is 1. The molecule has 4 aromatic rings. The van der Waals surface area contributed by atoms with Gasteiger partial charge in [-0.3, -0.25) is 0 Å². The Morgan fingerprint density at radius 3 is 2.12 bits per heavy atom. The van der Waals surface area contributed by atoms with Crippen LogP contribution < -0.4 is 9.88 Å². The number of rotatable bonds is 6. The van der Waals surface area contributed by atoms with Crippen molar-refractivity contribution in [2.75, 3.05) is 0 Å². The standard InChI is InChI=1S/C23H18F3N3O3S/c24-23(25,26)22-14-21(29(28-22)18-8-12-20(13-9-18)33(27,30)31)17-6-10-19(11-7-17)32-15-16-4-2-1-3-5-16/h1-14H,15H2,(H2,27,30,31). The molecule has 0 bridgehead atoms. The van der Waals surface area contributed by atoms with Gasteiger partial charge in [-0.1, -0.05) is 30.3 Å². The van der Waals surface area contributed by atoms with Crippen LogP contribution in [-0.4, -0.2) is 18.2 Å². The highest BCUT2D eigenvalue weighted by Gasteiger charge is 2.35. The quantitative estimate of drug-likeness (QED) is 0.437. The highest BCUT2D eigenvalue weighted by atomic mass is 32.2. The summed E-state index contributed by atoms with van der Waals surface area (Å²) in [5.41, 5.74) is 0.813. The molecule has 0 amide bonds. The van der Waals surface area contributed by atoms with Crippen molar-refractivity contribution in [3.8, 4) is 22.7 Å². The molecule has 4 rings (SSSR count).